The summed E-state index contributed by atoms with van der Waals surface area (Å²) in [6.45, 7) is 2.34. The maximum absolute atomic E-state index is 12.1. The van der Waals surface area contributed by atoms with Crippen molar-refractivity contribution in [2.45, 2.75) is 50.6 Å². The number of rotatable bonds is 5. The molecule has 4 heteroatoms. The molecule has 0 spiro atoms. The van der Waals surface area contributed by atoms with E-state index < -0.39 is 0 Å². The summed E-state index contributed by atoms with van der Waals surface area (Å²) in [6, 6.07) is 15.2. The molecule has 2 aromatic rings. The lowest BCUT2D eigenvalue weighted by Crippen LogP contribution is -2.54. The van der Waals surface area contributed by atoms with Gasteiger partial charge >= 0.3 is 0 Å². The first-order valence-corrected chi connectivity index (χ1v) is 10.2. The van der Waals surface area contributed by atoms with Gasteiger partial charge in [0, 0.05) is 28.9 Å². The molecule has 2 heterocycles. The third-order valence-corrected chi connectivity index (χ3v) is 6.59. The molecule has 1 saturated heterocycles. The third kappa shape index (κ3) is 4.31. The molecule has 25 heavy (non-hydrogen) atoms. The number of piperazine rings is 1. The molecule has 4 rings (SSSR count). The molecule has 0 radical (unpaired) electrons. The van der Waals surface area contributed by atoms with E-state index in [1.807, 2.05) is 17.4 Å². The molecule has 1 aliphatic carbocycles. The van der Waals surface area contributed by atoms with Gasteiger partial charge in [0.05, 0.1) is 6.54 Å². The number of carbonyl (C=O) groups is 1. The summed E-state index contributed by atoms with van der Waals surface area (Å²) in [5, 5.41) is 3.15. The largest absolute Gasteiger partial charge is 0.351 e. The Kier molecular flexibility index (Phi) is 5.18. The second-order valence-corrected chi connectivity index (χ2v) is 8.61. The van der Waals surface area contributed by atoms with Crippen LogP contribution >= 0.6 is 11.3 Å². The van der Waals surface area contributed by atoms with Crippen molar-refractivity contribution in [3.8, 4) is 0 Å². The molecule has 1 N–H and O–H groups in total. The monoisotopic (exact) mass is 354 g/mol. The van der Waals surface area contributed by atoms with Crippen LogP contribution in [-0.2, 0) is 17.8 Å². The molecular weight excluding hydrogens is 328 g/mol. The fourth-order valence-corrected chi connectivity index (χ4v) is 5.39. The Balaban J connectivity index is 1.37. The quantitative estimate of drug-likeness (QED) is 0.882. The van der Waals surface area contributed by atoms with Crippen molar-refractivity contribution < 1.29 is 4.79 Å². The average molecular weight is 355 g/mol. The van der Waals surface area contributed by atoms with Gasteiger partial charge in [-0.3, -0.25) is 9.69 Å². The van der Waals surface area contributed by atoms with E-state index in [0.29, 0.717) is 6.54 Å². The molecule has 1 amide bonds. The van der Waals surface area contributed by atoms with Crippen LogP contribution in [-0.4, -0.2) is 29.9 Å². The van der Waals surface area contributed by atoms with Gasteiger partial charge in [-0.2, -0.15) is 0 Å². The van der Waals surface area contributed by atoms with Crippen LogP contribution in [0.1, 0.15) is 46.9 Å². The first-order valence-electron chi connectivity index (χ1n) is 9.40. The highest BCUT2D eigenvalue weighted by atomic mass is 32.1. The van der Waals surface area contributed by atoms with Crippen LogP contribution < -0.4 is 5.32 Å². The summed E-state index contributed by atoms with van der Waals surface area (Å²) in [5.41, 5.74) is 1.29. The number of benzene rings is 1. The lowest BCUT2D eigenvalue weighted by atomic mass is 10.0. The van der Waals surface area contributed by atoms with Gasteiger partial charge in [-0.15, -0.1) is 11.3 Å². The molecule has 2 aliphatic rings. The molecule has 2 fully saturated rings. The van der Waals surface area contributed by atoms with Crippen molar-refractivity contribution in [3.63, 3.8) is 0 Å². The molecule has 132 valence electrons. The molecule has 3 nitrogen and oxygen atoms in total. The fraction of sp³-hybridized carbons (Fsp3) is 0.476. The average Bonchev–Trinajstić information content (AvgIpc) is 3.26. The molecule has 0 bridgehead atoms. The Labute approximate surface area is 154 Å². The normalized spacial score (nSPS) is 22.2. The highest BCUT2D eigenvalue weighted by Gasteiger charge is 2.25. The van der Waals surface area contributed by atoms with E-state index in [1.54, 1.807) is 4.88 Å². The lowest BCUT2D eigenvalue weighted by molar-refractivity contribution is -0.125. The van der Waals surface area contributed by atoms with Crippen molar-refractivity contribution in [1.29, 1.82) is 0 Å². The van der Waals surface area contributed by atoms with Crippen molar-refractivity contribution in [1.82, 2.24) is 10.2 Å². The molecule has 0 unspecified atom stereocenters. The van der Waals surface area contributed by atoms with Crippen LogP contribution in [0.4, 0.5) is 0 Å². The second kappa shape index (κ2) is 7.71. The van der Waals surface area contributed by atoms with Crippen molar-refractivity contribution >= 4 is 17.2 Å². The minimum Gasteiger partial charge on any atom is -0.351 e. The third-order valence-electron chi connectivity index (χ3n) is 5.36. The van der Waals surface area contributed by atoms with E-state index in [4.69, 9.17) is 0 Å². The lowest BCUT2D eigenvalue weighted by Gasteiger charge is -2.32. The Bertz CT molecular complexity index is 706. The number of thiophene rings is 1. The molecule has 1 aliphatic heterocycles. The first-order chi connectivity index (χ1) is 12.3. The Morgan fingerprint density at radius 2 is 1.88 bits per heavy atom. The van der Waals surface area contributed by atoms with E-state index in [2.05, 4.69) is 46.6 Å². The van der Waals surface area contributed by atoms with Crippen LogP contribution in [0.2, 0.25) is 0 Å². The zero-order chi connectivity index (χ0) is 17.1. The van der Waals surface area contributed by atoms with Crippen molar-refractivity contribution in [2.24, 2.45) is 0 Å². The highest BCUT2D eigenvalue weighted by molar-refractivity contribution is 7.12. The minimum atomic E-state index is 0.153. The van der Waals surface area contributed by atoms with Gasteiger partial charge < -0.3 is 5.32 Å². The number of hydrogen-bond donors (Lipinski definition) is 1. The summed E-state index contributed by atoms with van der Waals surface area (Å²) in [7, 11) is 0. The van der Waals surface area contributed by atoms with E-state index >= 15 is 0 Å². The fourth-order valence-electron chi connectivity index (χ4n) is 4.16. The topological polar surface area (TPSA) is 32.3 Å². The van der Waals surface area contributed by atoms with Gasteiger partial charge in [0.1, 0.15) is 0 Å². The van der Waals surface area contributed by atoms with Gasteiger partial charge in [0.25, 0.3) is 0 Å². The van der Waals surface area contributed by atoms with E-state index in [0.717, 1.165) is 25.4 Å². The van der Waals surface area contributed by atoms with Crippen molar-refractivity contribution in [2.75, 3.05) is 13.1 Å². The molecule has 1 saturated carbocycles. The van der Waals surface area contributed by atoms with E-state index in [-0.39, 0.29) is 11.9 Å². The Hall–Kier alpha value is -1.65. The molecular formula is C21H26N2OS. The smallest absolute Gasteiger partial charge is 0.234 e. The number of amides is 1. The number of nitrogens with one attached hydrogen (secondary N) is 1. The van der Waals surface area contributed by atoms with Crippen LogP contribution in [0.15, 0.2) is 42.5 Å². The Morgan fingerprint density at radius 1 is 1.08 bits per heavy atom. The van der Waals surface area contributed by atoms with Gasteiger partial charge in [-0.05, 0) is 42.9 Å². The van der Waals surface area contributed by atoms with Crippen LogP contribution in [0.25, 0.3) is 0 Å². The van der Waals surface area contributed by atoms with Gasteiger partial charge in [-0.25, -0.2) is 0 Å². The van der Waals surface area contributed by atoms with Gasteiger partial charge in [-0.1, -0.05) is 43.2 Å². The van der Waals surface area contributed by atoms with E-state index in [9.17, 15) is 4.79 Å². The maximum atomic E-state index is 12.1. The van der Waals surface area contributed by atoms with E-state index in [1.165, 1.54) is 36.1 Å². The standard InChI is InChI=1S/C21H26N2OS/c24-21-15-23(13-18(22-21)12-16-6-2-1-3-7-16)14-19-10-11-20(25-19)17-8-4-5-9-17/h1-3,6-7,10-11,17-18H,4-5,8-9,12-15H2,(H,22,24)/t18-/m0/s1. The zero-order valence-electron chi connectivity index (χ0n) is 14.6. The predicted molar refractivity (Wildman–Crippen MR) is 103 cm³/mol. The summed E-state index contributed by atoms with van der Waals surface area (Å²) >= 11 is 1.96. The highest BCUT2D eigenvalue weighted by Crippen LogP contribution is 2.37. The number of carbonyl (C=O) groups excluding carboxylic acids is 1. The SMILES string of the molecule is O=C1CN(Cc2ccc(C3CCCC3)s2)C[C@H](Cc2ccccc2)N1. The summed E-state index contributed by atoms with van der Waals surface area (Å²) in [5.74, 6) is 0.939. The first kappa shape index (κ1) is 16.8. The summed E-state index contributed by atoms with van der Waals surface area (Å²) in [4.78, 5) is 17.4. The molecule has 1 aromatic carbocycles. The minimum absolute atomic E-state index is 0.153. The van der Waals surface area contributed by atoms with Crippen LogP contribution in [0.3, 0.4) is 0 Å². The maximum Gasteiger partial charge on any atom is 0.234 e. The summed E-state index contributed by atoms with van der Waals surface area (Å²) in [6.07, 6.45) is 6.37. The predicted octanol–water partition coefficient (Wildman–Crippen LogP) is 3.95. The number of nitrogens with zero attached hydrogens (tertiary/aromatic N) is 1. The van der Waals surface area contributed by atoms with Gasteiger partial charge in [0.15, 0.2) is 0 Å². The number of hydrogen-bond acceptors (Lipinski definition) is 3. The van der Waals surface area contributed by atoms with Gasteiger partial charge in [0.2, 0.25) is 5.91 Å². The van der Waals surface area contributed by atoms with Crippen LogP contribution in [0.5, 0.6) is 0 Å². The second-order valence-electron chi connectivity index (χ2n) is 7.41. The molecule has 1 atom stereocenters. The Morgan fingerprint density at radius 3 is 2.68 bits per heavy atom. The summed E-state index contributed by atoms with van der Waals surface area (Å²) < 4.78 is 0. The zero-order valence-corrected chi connectivity index (χ0v) is 15.4. The van der Waals surface area contributed by atoms with Crippen LogP contribution in [0, 0.1) is 0 Å². The molecule has 1 aromatic heterocycles. The van der Waals surface area contributed by atoms with Crippen molar-refractivity contribution in [3.05, 3.63) is 57.8 Å².